The van der Waals surface area contributed by atoms with E-state index in [1.807, 2.05) is 29.2 Å². The number of unbranched alkanes of at least 4 members (excludes halogenated alkanes) is 1. The Kier molecular flexibility index (Phi) is 8.37. The molecule has 0 unspecified atom stereocenters. The summed E-state index contributed by atoms with van der Waals surface area (Å²) in [5, 5.41) is 8.95. The van der Waals surface area contributed by atoms with Gasteiger partial charge in [-0.25, -0.2) is 0 Å². The number of rotatable bonds is 7. The standard InChI is InChI=1S/C23H33NO4/c25-15-9-10-16-27-22-18-20(19-11-5-4-6-12-19)17-21(28-22)23(26)24-13-7-2-1-3-8-14-24/h4-6,11-12,17,20,22,25H,1-3,7-10,13-16,18H2/t20-,22+/m0/s1. The molecule has 1 saturated heterocycles. The van der Waals surface area contributed by atoms with Gasteiger partial charge < -0.3 is 19.5 Å². The number of nitrogens with zero attached hydrogens (tertiary/aromatic N) is 1. The van der Waals surface area contributed by atoms with Crippen LogP contribution in [0.1, 0.15) is 62.8 Å². The van der Waals surface area contributed by atoms with E-state index in [4.69, 9.17) is 14.6 Å². The quantitative estimate of drug-likeness (QED) is 0.719. The van der Waals surface area contributed by atoms with Crippen LogP contribution in [0.5, 0.6) is 0 Å². The molecule has 0 saturated carbocycles. The smallest absolute Gasteiger partial charge is 0.288 e. The lowest BCUT2D eigenvalue weighted by Gasteiger charge is -2.32. The fourth-order valence-corrected chi connectivity index (χ4v) is 3.88. The second-order valence-corrected chi connectivity index (χ2v) is 7.69. The number of likely N-dealkylation sites (tertiary alicyclic amines) is 1. The fraction of sp³-hybridized carbons (Fsp3) is 0.609. The average Bonchev–Trinajstić information content (AvgIpc) is 2.71. The normalized spacial score (nSPS) is 23.3. The highest BCUT2D eigenvalue weighted by Gasteiger charge is 2.31. The minimum absolute atomic E-state index is 0.00788. The molecule has 2 atom stereocenters. The van der Waals surface area contributed by atoms with Crippen molar-refractivity contribution in [1.82, 2.24) is 4.90 Å². The molecule has 28 heavy (non-hydrogen) atoms. The number of ether oxygens (including phenoxy) is 2. The Balaban J connectivity index is 1.71. The van der Waals surface area contributed by atoms with E-state index < -0.39 is 6.29 Å². The number of amides is 1. The van der Waals surface area contributed by atoms with Crippen LogP contribution in [-0.2, 0) is 14.3 Å². The molecule has 5 nitrogen and oxygen atoms in total. The van der Waals surface area contributed by atoms with Crippen LogP contribution in [0.3, 0.4) is 0 Å². The first-order chi connectivity index (χ1) is 13.8. The summed E-state index contributed by atoms with van der Waals surface area (Å²) in [4.78, 5) is 15.1. The molecule has 1 N–H and O–H groups in total. The highest BCUT2D eigenvalue weighted by molar-refractivity contribution is 5.91. The third kappa shape index (κ3) is 6.08. The van der Waals surface area contributed by atoms with Gasteiger partial charge in [-0.2, -0.15) is 0 Å². The molecule has 1 aromatic carbocycles. The van der Waals surface area contributed by atoms with E-state index in [1.54, 1.807) is 0 Å². The monoisotopic (exact) mass is 387 g/mol. The number of allylic oxidation sites excluding steroid dienone is 1. The van der Waals surface area contributed by atoms with Gasteiger partial charge in [0.15, 0.2) is 5.76 Å². The third-order valence-corrected chi connectivity index (χ3v) is 5.50. The van der Waals surface area contributed by atoms with Crippen molar-refractivity contribution in [1.29, 1.82) is 0 Å². The fourth-order valence-electron chi connectivity index (χ4n) is 3.88. The van der Waals surface area contributed by atoms with Crippen LogP contribution >= 0.6 is 0 Å². The third-order valence-electron chi connectivity index (χ3n) is 5.50. The molecule has 1 fully saturated rings. The van der Waals surface area contributed by atoms with Gasteiger partial charge in [-0.3, -0.25) is 4.79 Å². The molecule has 2 aliphatic heterocycles. The molecule has 2 heterocycles. The lowest BCUT2D eigenvalue weighted by atomic mass is 9.93. The van der Waals surface area contributed by atoms with Crippen LogP contribution in [0.2, 0.25) is 0 Å². The Bertz CT molecular complexity index is 623. The SMILES string of the molecule is O=C(C1=C[C@H](c2ccccc2)C[C@H](OCCCCO)O1)N1CCCCCCC1. The van der Waals surface area contributed by atoms with Crippen molar-refractivity contribution in [2.45, 2.75) is 63.6 Å². The van der Waals surface area contributed by atoms with Gasteiger partial charge in [0, 0.05) is 32.0 Å². The maximum Gasteiger partial charge on any atom is 0.288 e. The summed E-state index contributed by atoms with van der Waals surface area (Å²) >= 11 is 0. The molecule has 3 rings (SSSR count). The van der Waals surface area contributed by atoms with Crippen molar-refractivity contribution in [3.63, 3.8) is 0 Å². The summed E-state index contributed by atoms with van der Waals surface area (Å²) < 4.78 is 11.9. The van der Waals surface area contributed by atoms with Crippen molar-refractivity contribution in [3.05, 3.63) is 47.7 Å². The Hall–Kier alpha value is -1.85. The van der Waals surface area contributed by atoms with Gasteiger partial charge in [-0.15, -0.1) is 0 Å². The molecule has 1 aromatic rings. The van der Waals surface area contributed by atoms with Gasteiger partial charge in [-0.1, -0.05) is 49.6 Å². The van der Waals surface area contributed by atoms with Crippen molar-refractivity contribution in [2.75, 3.05) is 26.3 Å². The lowest BCUT2D eigenvalue weighted by molar-refractivity contribution is -0.153. The summed E-state index contributed by atoms with van der Waals surface area (Å²) in [5.41, 5.74) is 1.17. The summed E-state index contributed by atoms with van der Waals surface area (Å²) in [6.07, 6.45) is 9.49. The van der Waals surface area contributed by atoms with Gasteiger partial charge in [0.2, 0.25) is 6.29 Å². The predicted molar refractivity (Wildman–Crippen MR) is 109 cm³/mol. The lowest BCUT2D eigenvalue weighted by Crippen LogP contribution is -2.38. The van der Waals surface area contributed by atoms with Gasteiger partial charge in [0.1, 0.15) is 0 Å². The van der Waals surface area contributed by atoms with Crippen molar-refractivity contribution in [2.24, 2.45) is 0 Å². The first-order valence-corrected chi connectivity index (χ1v) is 10.7. The van der Waals surface area contributed by atoms with Crippen LogP contribution in [-0.4, -0.2) is 48.5 Å². The first-order valence-electron chi connectivity index (χ1n) is 10.7. The maximum absolute atomic E-state index is 13.2. The van der Waals surface area contributed by atoms with Gasteiger partial charge in [-0.05, 0) is 37.3 Å². The van der Waals surface area contributed by atoms with Crippen LogP contribution < -0.4 is 0 Å². The highest BCUT2D eigenvalue weighted by atomic mass is 16.7. The molecule has 0 spiro atoms. The molecule has 1 amide bonds. The zero-order chi connectivity index (χ0) is 19.6. The predicted octanol–water partition coefficient (Wildman–Crippen LogP) is 3.98. The Morgan fingerprint density at radius 2 is 1.79 bits per heavy atom. The summed E-state index contributed by atoms with van der Waals surface area (Å²) in [5.74, 6) is 0.519. The highest BCUT2D eigenvalue weighted by Crippen LogP contribution is 2.32. The molecule has 5 heteroatoms. The molecule has 154 valence electrons. The van der Waals surface area contributed by atoms with Gasteiger partial charge in [0.05, 0.1) is 6.61 Å². The molecule has 0 bridgehead atoms. The number of aliphatic hydroxyl groups excluding tert-OH is 1. The first kappa shape index (κ1) is 20.9. The largest absolute Gasteiger partial charge is 0.459 e. The van der Waals surface area contributed by atoms with Crippen molar-refractivity contribution < 1.29 is 19.4 Å². The van der Waals surface area contributed by atoms with Crippen LogP contribution in [0.15, 0.2) is 42.2 Å². The zero-order valence-corrected chi connectivity index (χ0v) is 16.7. The molecular weight excluding hydrogens is 354 g/mol. The topological polar surface area (TPSA) is 59.0 Å². The maximum atomic E-state index is 13.2. The summed E-state index contributed by atoms with van der Waals surface area (Å²) in [6.45, 7) is 2.30. The number of hydrogen-bond acceptors (Lipinski definition) is 4. The average molecular weight is 388 g/mol. The molecule has 0 aliphatic carbocycles. The number of hydrogen-bond donors (Lipinski definition) is 1. The van der Waals surface area contributed by atoms with Gasteiger partial charge >= 0.3 is 0 Å². The second kappa shape index (κ2) is 11.2. The van der Waals surface area contributed by atoms with E-state index in [9.17, 15) is 4.79 Å². The minimum Gasteiger partial charge on any atom is -0.459 e. The van der Waals surface area contributed by atoms with Crippen LogP contribution in [0, 0.1) is 0 Å². The Morgan fingerprint density at radius 1 is 1.07 bits per heavy atom. The number of benzene rings is 1. The van der Waals surface area contributed by atoms with Crippen LogP contribution in [0.4, 0.5) is 0 Å². The molecule has 2 aliphatic rings. The summed E-state index contributed by atoms with van der Waals surface area (Å²) in [7, 11) is 0. The molecule has 0 aromatic heterocycles. The Morgan fingerprint density at radius 3 is 2.50 bits per heavy atom. The zero-order valence-electron chi connectivity index (χ0n) is 16.7. The van der Waals surface area contributed by atoms with E-state index in [1.165, 1.54) is 24.8 Å². The van der Waals surface area contributed by atoms with E-state index in [-0.39, 0.29) is 18.4 Å². The second-order valence-electron chi connectivity index (χ2n) is 7.69. The van der Waals surface area contributed by atoms with Crippen LogP contribution in [0.25, 0.3) is 0 Å². The Labute approximate surface area is 168 Å². The number of carbonyl (C=O) groups is 1. The summed E-state index contributed by atoms with van der Waals surface area (Å²) in [6, 6.07) is 10.2. The number of carbonyl (C=O) groups excluding carboxylic acids is 1. The van der Waals surface area contributed by atoms with E-state index >= 15 is 0 Å². The minimum atomic E-state index is -0.428. The molecular formula is C23H33NO4. The molecule has 0 radical (unpaired) electrons. The van der Waals surface area contributed by atoms with E-state index in [0.717, 1.165) is 32.4 Å². The van der Waals surface area contributed by atoms with E-state index in [2.05, 4.69) is 12.1 Å². The number of aliphatic hydroxyl groups is 1. The van der Waals surface area contributed by atoms with E-state index in [0.29, 0.717) is 25.2 Å². The van der Waals surface area contributed by atoms with Crippen molar-refractivity contribution in [3.8, 4) is 0 Å². The van der Waals surface area contributed by atoms with Crippen molar-refractivity contribution >= 4 is 5.91 Å². The van der Waals surface area contributed by atoms with Gasteiger partial charge in [0.25, 0.3) is 5.91 Å².